The molecule has 2 aliphatic heterocycles. The Labute approximate surface area is 129 Å². The smallest absolute Gasteiger partial charge is 0.261 e. The van der Waals surface area contributed by atoms with Gasteiger partial charge in [-0.15, -0.1) is 0 Å². The van der Waals surface area contributed by atoms with Crippen LogP contribution in [0.15, 0.2) is 23.1 Å². The molecule has 1 saturated heterocycles. The Morgan fingerprint density at radius 2 is 1.82 bits per heavy atom. The van der Waals surface area contributed by atoms with Crippen LogP contribution in [0.3, 0.4) is 0 Å². The van der Waals surface area contributed by atoms with Crippen LogP contribution >= 0.6 is 0 Å². The molecule has 0 aromatic heterocycles. The Morgan fingerprint density at radius 3 is 2.50 bits per heavy atom. The standard InChI is InChI=1S/C15H18N2O4S/c1-10-4-3-7-17(9-10)22(20,21)11-5-6-12-13(8-11)15(19)16(2)14(12)18/h5-6,8,10H,3-4,7,9H2,1-2H3. The van der Waals surface area contributed by atoms with E-state index in [9.17, 15) is 18.0 Å². The maximum absolute atomic E-state index is 12.7. The van der Waals surface area contributed by atoms with Gasteiger partial charge in [-0.25, -0.2) is 8.42 Å². The molecule has 2 aliphatic rings. The topological polar surface area (TPSA) is 74.8 Å². The van der Waals surface area contributed by atoms with Crippen LogP contribution in [0.2, 0.25) is 0 Å². The second-order valence-corrected chi connectivity index (χ2v) is 7.93. The molecule has 7 heteroatoms. The number of carbonyl (C=O) groups excluding carboxylic acids is 2. The first-order chi connectivity index (χ1) is 10.3. The van der Waals surface area contributed by atoms with E-state index in [4.69, 9.17) is 0 Å². The van der Waals surface area contributed by atoms with Crippen molar-refractivity contribution >= 4 is 21.8 Å². The lowest BCUT2D eigenvalue weighted by Gasteiger charge is -2.30. The third-order valence-electron chi connectivity index (χ3n) is 4.32. The lowest BCUT2D eigenvalue weighted by Crippen LogP contribution is -2.39. The maximum Gasteiger partial charge on any atom is 0.261 e. The summed E-state index contributed by atoms with van der Waals surface area (Å²) in [5, 5.41) is 0. The van der Waals surface area contributed by atoms with Crippen molar-refractivity contribution in [2.45, 2.75) is 24.7 Å². The number of hydrogen-bond acceptors (Lipinski definition) is 4. The molecule has 1 fully saturated rings. The average Bonchev–Trinajstić information content (AvgIpc) is 2.72. The summed E-state index contributed by atoms with van der Waals surface area (Å²) in [6, 6.07) is 4.17. The largest absolute Gasteiger partial charge is 0.277 e. The minimum absolute atomic E-state index is 0.0804. The molecule has 0 spiro atoms. The van der Waals surface area contributed by atoms with Gasteiger partial charge in [0.1, 0.15) is 0 Å². The summed E-state index contributed by atoms with van der Waals surface area (Å²) in [5.74, 6) is -0.521. The molecule has 0 bridgehead atoms. The van der Waals surface area contributed by atoms with E-state index < -0.39 is 21.8 Å². The summed E-state index contributed by atoms with van der Waals surface area (Å²) in [5.41, 5.74) is 0.428. The van der Waals surface area contributed by atoms with Crippen LogP contribution in [0.5, 0.6) is 0 Å². The highest BCUT2D eigenvalue weighted by Crippen LogP contribution is 2.28. The van der Waals surface area contributed by atoms with Crippen molar-refractivity contribution in [3.8, 4) is 0 Å². The number of rotatable bonds is 2. The van der Waals surface area contributed by atoms with Crippen LogP contribution in [0, 0.1) is 5.92 Å². The fourth-order valence-corrected chi connectivity index (χ4v) is 4.64. The highest BCUT2D eigenvalue weighted by Gasteiger charge is 2.35. The minimum atomic E-state index is -3.62. The number of piperidine rings is 1. The molecule has 118 valence electrons. The Morgan fingerprint density at radius 1 is 1.14 bits per heavy atom. The fraction of sp³-hybridized carbons (Fsp3) is 0.467. The normalized spacial score (nSPS) is 23.0. The third-order valence-corrected chi connectivity index (χ3v) is 6.18. The van der Waals surface area contributed by atoms with Crippen molar-refractivity contribution in [1.29, 1.82) is 0 Å². The minimum Gasteiger partial charge on any atom is -0.277 e. The molecule has 0 aliphatic carbocycles. The Balaban J connectivity index is 2.00. The lowest BCUT2D eigenvalue weighted by molar-refractivity contribution is 0.0693. The van der Waals surface area contributed by atoms with Gasteiger partial charge in [-0.3, -0.25) is 14.5 Å². The molecule has 1 aromatic rings. The summed E-state index contributed by atoms with van der Waals surface area (Å²) in [7, 11) is -2.23. The number of nitrogens with zero attached hydrogens (tertiary/aromatic N) is 2. The van der Waals surface area contributed by atoms with Gasteiger partial charge in [0.15, 0.2) is 0 Å². The molecule has 1 aromatic carbocycles. The molecule has 0 radical (unpaired) electrons. The van der Waals surface area contributed by atoms with Crippen LogP contribution in [0.25, 0.3) is 0 Å². The number of carbonyl (C=O) groups is 2. The molecule has 2 amide bonds. The number of fused-ring (bicyclic) bond motifs is 1. The van der Waals surface area contributed by atoms with Crippen LogP contribution in [-0.4, -0.2) is 49.6 Å². The van der Waals surface area contributed by atoms with Gasteiger partial charge >= 0.3 is 0 Å². The third kappa shape index (κ3) is 2.24. The van der Waals surface area contributed by atoms with Crippen molar-refractivity contribution in [1.82, 2.24) is 9.21 Å². The van der Waals surface area contributed by atoms with Crippen LogP contribution < -0.4 is 0 Å². The van der Waals surface area contributed by atoms with Gasteiger partial charge in [0.05, 0.1) is 16.0 Å². The van der Waals surface area contributed by atoms with E-state index in [-0.39, 0.29) is 16.0 Å². The van der Waals surface area contributed by atoms with Crippen LogP contribution in [-0.2, 0) is 10.0 Å². The van der Waals surface area contributed by atoms with Gasteiger partial charge in [-0.1, -0.05) is 6.92 Å². The first kappa shape index (κ1) is 15.2. The van der Waals surface area contributed by atoms with Crippen molar-refractivity contribution in [3.63, 3.8) is 0 Å². The van der Waals surface area contributed by atoms with E-state index >= 15 is 0 Å². The first-order valence-corrected chi connectivity index (χ1v) is 8.73. The number of sulfonamides is 1. The van der Waals surface area contributed by atoms with Gasteiger partial charge in [0, 0.05) is 20.1 Å². The molecule has 0 N–H and O–H groups in total. The molecule has 6 nitrogen and oxygen atoms in total. The fourth-order valence-electron chi connectivity index (χ4n) is 3.01. The zero-order valence-electron chi connectivity index (χ0n) is 12.6. The van der Waals surface area contributed by atoms with Gasteiger partial charge in [-0.05, 0) is 37.0 Å². The summed E-state index contributed by atoms with van der Waals surface area (Å²) in [6.07, 6.45) is 1.86. The van der Waals surface area contributed by atoms with Gasteiger partial charge in [0.2, 0.25) is 10.0 Å². The molecule has 2 heterocycles. The van der Waals surface area contributed by atoms with E-state index in [1.54, 1.807) is 0 Å². The van der Waals surface area contributed by atoms with Gasteiger partial charge < -0.3 is 0 Å². The van der Waals surface area contributed by atoms with Crippen molar-refractivity contribution < 1.29 is 18.0 Å². The van der Waals surface area contributed by atoms with Crippen molar-refractivity contribution in [2.24, 2.45) is 5.92 Å². The number of imide groups is 1. The molecule has 3 rings (SSSR count). The molecule has 1 unspecified atom stereocenters. The Kier molecular flexibility index (Phi) is 3.57. The van der Waals surface area contributed by atoms with Crippen LogP contribution in [0.4, 0.5) is 0 Å². The highest BCUT2D eigenvalue weighted by atomic mass is 32.2. The highest BCUT2D eigenvalue weighted by molar-refractivity contribution is 7.89. The molecular formula is C15H18N2O4S. The molecule has 22 heavy (non-hydrogen) atoms. The summed E-state index contributed by atoms with van der Waals surface area (Å²) < 4.78 is 26.9. The molecular weight excluding hydrogens is 304 g/mol. The maximum atomic E-state index is 12.7. The van der Waals surface area contributed by atoms with Crippen molar-refractivity contribution in [3.05, 3.63) is 29.3 Å². The predicted molar refractivity (Wildman–Crippen MR) is 80.0 cm³/mol. The number of benzene rings is 1. The summed E-state index contributed by atoms with van der Waals surface area (Å²) in [4.78, 5) is 25.0. The number of hydrogen-bond donors (Lipinski definition) is 0. The summed E-state index contributed by atoms with van der Waals surface area (Å²) in [6.45, 7) is 3.02. The van der Waals surface area contributed by atoms with Crippen molar-refractivity contribution in [2.75, 3.05) is 20.1 Å². The van der Waals surface area contributed by atoms with E-state index in [1.165, 1.54) is 29.6 Å². The number of amides is 2. The monoisotopic (exact) mass is 322 g/mol. The average molecular weight is 322 g/mol. The SMILES string of the molecule is CC1CCCN(S(=O)(=O)c2ccc3c(c2)C(=O)N(C)C3=O)C1. The van der Waals surface area contributed by atoms with E-state index in [1.807, 2.05) is 6.92 Å². The van der Waals surface area contributed by atoms with Crippen LogP contribution in [0.1, 0.15) is 40.5 Å². The zero-order valence-corrected chi connectivity index (χ0v) is 13.4. The predicted octanol–water partition coefficient (Wildman–Crippen LogP) is 1.33. The lowest BCUT2D eigenvalue weighted by atomic mass is 10.0. The van der Waals surface area contributed by atoms with E-state index in [0.29, 0.717) is 19.0 Å². The first-order valence-electron chi connectivity index (χ1n) is 7.29. The Hall–Kier alpha value is -1.73. The summed E-state index contributed by atoms with van der Waals surface area (Å²) >= 11 is 0. The van der Waals surface area contributed by atoms with Gasteiger partial charge in [-0.2, -0.15) is 4.31 Å². The Bertz CT molecular complexity index is 757. The zero-order chi connectivity index (χ0) is 16.1. The quantitative estimate of drug-likeness (QED) is 0.770. The second kappa shape index (κ2) is 5.17. The molecule has 1 atom stereocenters. The van der Waals surface area contributed by atoms with E-state index in [2.05, 4.69) is 0 Å². The second-order valence-electron chi connectivity index (χ2n) is 5.99. The molecule has 0 saturated carbocycles. The van der Waals surface area contributed by atoms with Gasteiger partial charge in [0.25, 0.3) is 11.8 Å². The van der Waals surface area contributed by atoms with E-state index in [0.717, 1.165) is 17.7 Å².